The lowest BCUT2D eigenvalue weighted by molar-refractivity contribution is -0.141. The van der Waals surface area contributed by atoms with Gasteiger partial charge in [-0.3, -0.25) is 9.48 Å². The van der Waals surface area contributed by atoms with Crippen molar-refractivity contribution in [3.8, 4) is 0 Å². The maximum Gasteiger partial charge on any atom is 0.302 e. The average Bonchev–Trinajstić information content (AvgIpc) is 2.33. The lowest BCUT2D eigenvalue weighted by Gasteiger charge is -2.03. The fraction of sp³-hybridized carbons (Fsp3) is 0.429. The molecule has 0 aliphatic rings. The lowest BCUT2D eigenvalue weighted by atomic mass is 10.6. The molecule has 0 aliphatic carbocycles. The molecular formula is C7H7Br3N2O2. The number of nitrogens with zero attached hydrogens (tertiary/aromatic N) is 2. The largest absolute Gasteiger partial charge is 0.464 e. The fourth-order valence-corrected chi connectivity index (χ4v) is 2.19. The van der Waals surface area contributed by atoms with Gasteiger partial charge in [-0.15, -0.1) is 0 Å². The molecule has 4 nitrogen and oxygen atoms in total. The second-order valence-corrected chi connectivity index (χ2v) is 4.75. The molecule has 14 heavy (non-hydrogen) atoms. The molecule has 78 valence electrons. The number of rotatable bonds is 3. The summed E-state index contributed by atoms with van der Waals surface area (Å²) in [5.41, 5.74) is 0. The van der Waals surface area contributed by atoms with Gasteiger partial charge in [-0.2, -0.15) is 5.10 Å². The van der Waals surface area contributed by atoms with Crippen LogP contribution in [0.5, 0.6) is 0 Å². The molecule has 1 heterocycles. The standard InChI is InChI=1S/C7H7Br3N2O2/c1-4(13)14-3-2-12-7(10)5(8)6(9)11-12/h2-3H2,1H3. The SMILES string of the molecule is CC(=O)OCCn1nc(Br)c(Br)c1Br. The Bertz CT molecular complexity index is 351. The van der Waals surface area contributed by atoms with Crippen LogP contribution in [0.25, 0.3) is 0 Å². The molecule has 1 aromatic rings. The first-order valence-corrected chi connectivity index (χ1v) is 6.11. The predicted molar refractivity (Wildman–Crippen MR) is 62.0 cm³/mol. The summed E-state index contributed by atoms with van der Waals surface area (Å²) in [5, 5.41) is 4.15. The van der Waals surface area contributed by atoms with Gasteiger partial charge in [0.15, 0.2) is 0 Å². The van der Waals surface area contributed by atoms with E-state index in [2.05, 4.69) is 52.9 Å². The molecule has 0 bridgehead atoms. The molecular weight excluding hydrogens is 384 g/mol. The maximum atomic E-state index is 10.5. The van der Waals surface area contributed by atoms with Gasteiger partial charge in [0.05, 0.1) is 11.0 Å². The Kier molecular flexibility index (Phi) is 4.59. The van der Waals surface area contributed by atoms with Crippen LogP contribution in [0.15, 0.2) is 13.7 Å². The van der Waals surface area contributed by atoms with Crippen molar-refractivity contribution in [3.05, 3.63) is 13.7 Å². The van der Waals surface area contributed by atoms with E-state index < -0.39 is 0 Å². The molecule has 0 atom stereocenters. The second kappa shape index (κ2) is 5.27. The number of hydrogen-bond donors (Lipinski definition) is 0. The molecule has 1 rings (SSSR count). The molecule has 0 amide bonds. The van der Waals surface area contributed by atoms with Gasteiger partial charge in [0.25, 0.3) is 0 Å². The monoisotopic (exact) mass is 388 g/mol. The van der Waals surface area contributed by atoms with E-state index in [1.54, 1.807) is 4.68 Å². The third kappa shape index (κ3) is 3.06. The molecule has 0 aliphatic heterocycles. The highest BCUT2D eigenvalue weighted by Gasteiger charge is 2.10. The predicted octanol–water partition coefficient (Wildman–Crippen LogP) is 2.73. The highest BCUT2D eigenvalue weighted by Crippen LogP contribution is 2.30. The molecule has 0 aromatic carbocycles. The van der Waals surface area contributed by atoms with Gasteiger partial charge >= 0.3 is 5.97 Å². The Labute approximate surface area is 106 Å². The van der Waals surface area contributed by atoms with E-state index in [-0.39, 0.29) is 5.97 Å². The van der Waals surface area contributed by atoms with Crippen molar-refractivity contribution < 1.29 is 9.53 Å². The van der Waals surface area contributed by atoms with Crippen molar-refractivity contribution in [1.82, 2.24) is 9.78 Å². The first-order chi connectivity index (χ1) is 6.52. The summed E-state index contributed by atoms with van der Waals surface area (Å²) in [7, 11) is 0. The van der Waals surface area contributed by atoms with E-state index in [4.69, 9.17) is 4.74 Å². The molecule has 0 unspecified atom stereocenters. The zero-order valence-corrected chi connectivity index (χ0v) is 12.0. The van der Waals surface area contributed by atoms with Gasteiger partial charge in [0.1, 0.15) is 15.8 Å². The van der Waals surface area contributed by atoms with Crippen LogP contribution in [0, 0.1) is 0 Å². The third-order valence-corrected chi connectivity index (χ3v) is 4.58. The summed E-state index contributed by atoms with van der Waals surface area (Å²) in [5.74, 6) is -0.286. The quantitative estimate of drug-likeness (QED) is 0.745. The molecule has 0 radical (unpaired) electrons. The minimum atomic E-state index is -0.286. The van der Waals surface area contributed by atoms with Crippen LogP contribution in [0.2, 0.25) is 0 Å². The van der Waals surface area contributed by atoms with E-state index in [1.807, 2.05) is 0 Å². The van der Waals surface area contributed by atoms with Crippen LogP contribution in [-0.2, 0) is 16.1 Å². The van der Waals surface area contributed by atoms with Gasteiger partial charge in [0, 0.05) is 6.92 Å². The summed E-state index contributed by atoms with van der Waals surface area (Å²) in [4.78, 5) is 10.5. The minimum absolute atomic E-state index is 0.286. The smallest absolute Gasteiger partial charge is 0.302 e. The van der Waals surface area contributed by atoms with E-state index in [9.17, 15) is 4.79 Å². The Morgan fingerprint density at radius 2 is 2.14 bits per heavy atom. The zero-order chi connectivity index (χ0) is 10.7. The van der Waals surface area contributed by atoms with Crippen LogP contribution >= 0.6 is 47.8 Å². The van der Waals surface area contributed by atoms with E-state index in [0.29, 0.717) is 17.8 Å². The van der Waals surface area contributed by atoms with Crippen LogP contribution in [0.3, 0.4) is 0 Å². The van der Waals surface area contributed by atoms with Crippen LogP contribution in [-0.4, -0.2) is 22.4 Å². The first kappa shape index (κ1) is 12.2. The molecule has 0 N–H and O–H groups in total. The van der Waals surface area contributed by atoms with E-state index >= 15 is 0 Å². The fourth-order valence-electron chi connectivity index (χ4n) is 0.816. The van der Waals surface area contributed by atoms with Crippen molar-refractivity contribution in [2.45, 2.75) is 13.5 Å². The summed E-state index contributed by atoms with van der Waals surface area (Å²) >= 11 is 9.96. The lowest BCUT2D eigenvalue weighted by Crippen LogP contribution is -2.10. The van der Waals surface area contributed by atoms with Gasteiger partial charge < -0.3 is 4.74 Å². The number of hydrogen-bond acceptors (Lipinski definition) is 3. The number of aromatic nitrogens is 2. The second-order valence-electron chi connectivity index (χ2n) is 2.46. The van der Waals surface area contributed by atoms with Gasteiger partial charge in [0.2, 0.25) is 0 Å². The number of esters is 1. The minimum Gasteiger partial charge on any atom is -0.464 e. The third-order valence-electron chi connectivity index (χ3n) is 1.41. The zero-order valence-electron chi connectivity index (χ0n) is 7.26. The van der Waals surface area contributed by atoms with Gasteiger partial charge in [-0.05, 0) is 47.8 Å². The van der Waals surface area contributed by atoms with Gasteiger partial charge in [-0.25, -0.2) is 0 Å². The number of carbonyl (C=O) groups is 1. The number of carbonyl (C=O) groups excluding carboxylic acids is 1. The normalized spacial score (nSPS) is 10.3. The Morgan fingerprint density at radius 3 is 2.57 bits per heavy atom. The van der Waals surface area contributed by atoms with E-state index in [0.717, 1.165) is 9.08 Å². The average molecular weight is 391 g/mol. The topological polar surface area (TPSA) is 44.1 Å². The Morgan fingerprint density at radius 1 is 1.50 bits per heavy atom. The molecule has 1 aromatic heterocycles. The summed E-state index contributed by atoms with van der Waals surface area (Å²) in [6, 6.07) is 0. The molecule has 0 saturated heterocycles. The summed E-state index contributed by atoms with van der Waals surface area (Å²) < 4.78 is 8.87. The van der Waals surface area contributed by atoms with Gasteiger partial charge in [-0.1, -0.05) is 0 Å². The van der Waals surface area contributed by atoms with Crippen molar-refractivity contribution in [3.63, 3.8) is 0 Å². The van der Waals surface area contributed by atoms with E-state index in [1.165, 1.54) is 6.92 Å². The molecule has 0 saturated carbocycles. The van der Waals surface area contributed by atoms with Crippen LogP contribution in [0.1, 0.15) is 6.92 Å². The summed E-state index contributed by atoms with van der Waals surface area (Å²) in [6.07, 6.45) is 0. The van der Waals surface area contributed by atoms with Crippen LogP contribution < -0.4 is 0 Å². The Balaban J connectivity index is 2.59. The van der Waals surface area contributed by atoms with Crippen molar-refractivity contribution in [2.24, 2.45) is 0 Å². The van der Waals surface area contributed by atoms with Crippen molar-refractivity contribution in [2.75, 3.05) is 6.61 Å². The maximum absolute atomic E-state index is 10.5. The molecule has 0 fully saturated rings. The number of ether oxygens (including phenoxy) is 1. The Hall–Kier alpha value is 0.120. The number of halogens is 3. The highest BCUT2D eigenvalue weighted by molar-refractivity contribution is 9.14. The summed E-state index contributed by atoms with van der Waals surface area (Å²) in [6.45, 7) is 2.21. The highest BCUT2D eigenvalue weighted by atomic mass is 79.9. The first-order valence-electron chi connectivity index (χ1n) is 3.73. The van der Waals surface area contributed by atoms with Crippen molar-refractivity contribution in [1.29, 1.82) is 0 Å². The van der Waals surface area contributed by atoms with Crippen molar-refractivity contribution >= 4 is 53.8 Å². The van der Waals surface area contributed by atoms with Crippen LogP contribution in [0.4, 0.5) is 0 Å². The molecule has 7 heteroatoms. The molecule has 0 spiro atoms.